The van der Waals surface area contributed by atoms with Crippen molar-refractivity contribution in [3.05, 3.63) is 28.6 Å². The molecule has 0 spiro atoms. The van der Waals surface area contributed by atoms with Crippen molar-refractivity contribution in [2.45, 2.75) is 50.7 Å². The first-order valence-corrected chi connectivity index (χ1v) is 8.66. The standard InChI is InChI=1S/C18H22O10/c1-7(2)25-16-12(20)9-4-3-8(5-10(9)27-17(16)24)26-18-15(23)14(22)13(21)11(6-19)28-18/h3-5,7,11,13-15,18-23H,6H2,1-2H3/t11-,13-,14+,15-,18-/m1/s1. The smallest absolute Gasteiger partial charge is 0.383 e. The third kappa shape index (κ3) is 3.77. The molecule has 5 N–H and O–H groups in total. The number of fused-ring (bicyclic) bond motifs is 1. The topological polar surface area (TPSA) is 159 Å². The number of benzene rings is 1. The maximum absolute atomic E-state index is 12.1. The van der Waals surface area contributed by atoms with Crippen molar-refractivity contribution < 1.29 is 44.2 Å². The monoisotopic (exact) mass is 398 g/mol. The summed E-state index contributed by atoms with van der Waals surface area (Å²) in [7, 11) is 0. The molecule has 28 heavy (non-hydrogen) atoms. The SMILES string of the molecule is CC(C)Oc1c(O)c2ccc(O[C@@H]3O[C@H](CO)[C@@H](O)[C@H](O)[C@H]3O)cc2oc1=O. The molecule has 1 aliphatic rings. The van der Waals surface area contributed by atoms with Gasteiger partial charge in [0, 0.05) is 6.07 Å². The molecule has 2 heterocycles. The molecular formula is C18H22O10. The van der Waals surface area contributed by atoms with Gasteiger partial charge in [-0.25, -0.2) is 4.79 Å². The van der Waals surface area contributed by atoms with Gasteiger partial charge in [-0.1, -0.05) is 0 Å². The van der Waals surface area contributed by atoms with Gasteiger partial charge in [0.2, 0.25) is 12.0 Å². The fraction of sp³-hybridized carbons (Fsp3) is 0.500. The van der Waals surface area contributed by atoms with Crippen LogP contribution in [0.25, 0.3) is 11.0 Å². The summed E-state index contributed by atoms with van der Waals surface area (Å²) in [5, 5.41) is 49.3. The average molecular weight is 398 g/mol. The van der Waals surface area contributed by atoms with Crippen LogP contribution >= 0.6 is 0 Å². The van der Waals surface area contributed by atoms with Crippen molar-refractivity contribution in [3.8, 4) is 17.2 Å². The van der Waals surface area contributed by atoms with Crippen molar-refractivity contribution in [1.29, 1.82) is 0 Å². The lowest BCUT2D eigenvalue weighted by atomic mass is 9.99. The van der Waals surface area contributed by atoms with Gasteiger partial charge in [0.25, 0.3) is 0 Å². The molecule has 0 unspecified atom stereocenters. The van der Waals surface area contributed by atoms with Gasteiger partial charge in [0.1, 0.15) is 35.7 Å². The molecule has 10 heteroatoms. The second-order valence-corrected chi connectivity index (χ2v) is 6.71. The number of hydrogen-bond donors (Lipinski definition) is 5. The Kier molecular flexibility index (Phi) is 5.77. The van der Waals surface area contributed by atoms with E-state index in [1.165, 1.54) is 18.2 Å². The fourth-order valence-electron chi connectivity index (χ4n) is 2.86. The third-order valence-corrected chi connectivity index (χ3v) is 4.27. The summed E-state index contributed by atoms with van der Waals surface area (Å²) in [4.78, 5) is 12.1. The van der Waals surface area contributed by atoms with Crippen LogP contribution in [0.1, 0.15) is 13.8 Å². The molecule has 3 rings (SSSR count). The predicted molar refractivity (Wildman–Crippen MR) is 94.3 cm³/mol. The normalized spacial score (nSPS) is 27.9. The minimum absolute atomic E-state index is 0.000645. The van der Waals surface area contributed by atoms with Crippen LogP contribution in [0.2, 0.25) is 0 Å². The van der Waals surface area contributed by atoms with Crippen LogP contribution < -0.4 is 15.1 Å². The number of aromatic hydroxyl groups is 1. The van der Waals surface area contributed by atoms with Crippen LogP contribution in [0, 0.1) is 0 Å². The average Bonchev–Trinajstić information content (AvgIpc) is 2.65. The molecule has 154 valence electrons. The van der Waals surface area contributed by atoms with Gasteiger partial charge in [-0.05, 0) is 26.0 Å². The molecule has 1 aliphatic heterocycles. The second kappa shape index (κ2) is 7.94. The van der Waals surface area contributed by atoms with Gasteiger partial charge in [-0.15, -0.1) is 0 Å². The van der Waals surface area contributed by atoms with E-state index in [1.807, 2.05) is 0 Å². The second-order valence-electron chi connectivity index (χ2n) is 6.71. The highest BCUT2D eigenvalue weighted by Gasteiger charge is 2.44. The Hall–Kier alpha value is -2.37. The van der Waals surface area contributed by atoms with Crippen LogP contribution in [0.4, 0.5) is 0 Å². The summed E-state index contributed by atoms with van der Waals surface area (Å²) in [5.41, 5.74) is -0.871. The molecule has 0 radical (unpaired) electrons. The van der Waals surface area contributed by atoms with E-state index in [0.29, 0.717) is 0 Å². The highest BCUT2D eigenvalue weighted by atomic mass is 16.7. The van der Waals surface area contributed by atoms with Gasteiger partial charge >= 0.3 is 5.63 Å². The molecule has 0 saturated carbocycles. The summed E-state index contributed by atoms with van der Waals surface area (Å²) in [6, 6.07) is 4.12. The van der Waals surface area contributed by atoms with Crippen molar-refractivity contribution in [1.82, 2.24) is 0 Å². The first-order chi connectivity index (χ1) is 13.2. The number of hydrogen-bond acceptors (Lipinski definition) is 10. The maximum Gasteiger partial charge on any atom is 0.383 e. The number of ether oxygens (including phenoxy) is 3. The largest absolute Gasteiger partial charge is 0.504 e. The van der Waals surface area contributed by atoms with Crippen molar-refractivity contribution in [2.24, 2.45) is 0 Å². The molecule has 1 aromatic heterocycles. The zero-order chi connectivity index (χ0) is 20.6. The van der Waals surface area contributed by atoms with Crippen LogP contribution in [-0.4, -0.2) is 68.9 Å². The Balaban J connectivity index is 1.89. The first-order valence-electron chi connectivity index (χ1n) is 8.66. The number of aliphatic hydroxyl groups is 4. The first kappa shape index (κ1) is 20.4. The summed E-state index contributed by atoms with van der Waals surface area (Å²) in [6.45, 7) is 2.80. The summed E-state index contributed by atoms with van der Waals surface area (Å²) in [6.07, 6.45) is -7.55. The maximum atomic E-state index is 12.1. The van der Waals surface area contributed by atoms with E-state index in [9.17, 15) is 30.3 Å². The zero-order valence-corrected chi connectivity index (χ0v) is 15.2. The van der Waals surface area contributed by atoms with E-state index < -0.39 is 42.9 Å². The third-order valence-electron chi connectivity index (χ3n) is 4.27. The van der Waals surface area contributed by atoms with E-state index in [2.05, 4.69) is 0 Å². The highest BCUT2D eigenvalue weighted by Crippen LogP contribution is 2.34. The van der Waals surface area contributed by atoms with E-state index in [4.69, 9.17) is 18.6 Å². The zero-order valence-electron chi connectivity index (χ0n) is 15.2. The number of rotatable bonds is 5. The Bertz CT molecular complexity index is 890. The Morgan fingerprint density at radius 3 is 2.50 bits per heavy atom. The van der Waals surface area contributed by atoms with Crippen LogP contribution in [-0.2, 0) is 4.74 Å². The minimum Gasteiger partial charge on any atom is -0.504 e. The highest BCUT2D eigenvalue weighted by molar-refractivity contribution is 5.86. The Morgan fingerprint density at radius 1 is 1.14 bits per heavy atom. The summed E-state index contributed by atoms with van der Waals surface area (Å²) >= 11 is 0. The lowest BCUT2D eigenvalue weighted by molar-refractivity contribution is -0.277. The lowest BCUT2D eigenvalue weighted by Crippen LogP contribution is -2.60. The van der Waals surface area contributed by atoms with Crippen molar-refractivity contribution >= 4 is 11.0 Å². The molecule has 2 aromatic rings. The van der Waals surface area contributed by atoms with Crippen molar-refractivity contribution in [3.63, 3.8) is 0 Å². The quantitative estimate of drug-likeness (QED) is 0.414. The molecule has 0 bridgehead atoms. The predicted octanol–water partition coefficient (Wildman–Crippen LogP) is -0.536. The van der Waals surface area contributed by atoms with Crippen LogP contribution in [0.5, 0.6) is 17.2 Å². The molecular weight excluding hydrogens is 376 g/mol. The molecule has 0 aliphatic carbocycles. The van der Waals surface area contributed by atoms with Gasteiger partial charge in [-0.2, -0.15) is 0 Å². The van der Waals surface area contributed by atoms with E-state index in [0.717, 1.165) is 0 Å². The fourth-order valence-corrected chi connectivity index (χ4v) is 2.86. The van der Waals surface area contributed by atoms with Gasteiger partial charge in [0.05, 0.1) is 18.1 Å². The van der Waals surface area contributed by atoms with Gasteiger partial charge in [-0.3, -0.25) is 0 Å². The Morgan fingerprint density at radius 2 is 1.86 bits per heavy atom. The molecule has 10 nitrogen and oxygen atoms in total. The summed E-state index contributed by atoms with van der Waals surface area (Å²) in [5.74, 6) is -0.582. The van der Waals surface area contributed by atoms with Gasteiger partial charge in [0.15, 0.2) is 5.75 Å². The van der Waals surface area contributed by atoms with E-state index in [1.54, 1.807) is 13.8 Å². The molecule has 5 atom stereocenters. The molecule has 1 fully saturated rings. The summed E-state index contributed by atoms with van der Waals surface area (Å²) < 4.78 is 21.2. The minimum atomic E-state index is -1.59. The van der Waals surface area contributed by atoms with Crippen LogP contribution in [0.15, 0.2) is 27.4 Å². The van der Waals surface area contributed by atoms with E-state index >= 15 is 0 Å². The number of aliphatic hydroxyl groups excluding tert-OH is 4. The molecule has 1 aromatic carbocycles. The lowest BCUT2D eigenvalue weighted by Gasteiger charge is -2.39. The Labute approximate surface area is 159 Å². The molecule has 0 amide bonds. The van der Waals surface area contributed by atoms with Gasteiger partial charge < -0.3 is 44.2 Å². The van der Waals surface area contributed by atoms with Crippen molar-refractivity contribution in [2.75, 3.05) is 6.61 Å². The molecule has 1 saturated heterocycles. The van der Waals surface area contributed by atoms with Crippen LogP contribution in [0.3, 0.4) is 0 Å². The van der Waals surface area contributed by atoms with E-state index in [-0.39, 0.29) is 34.3 Å².